The molecule has 132 valence electrons. The highest BCUT2D eigenvalue weighted by Gasteiger charge is 2.08. The van der Waals surface area contributed by atoms with Crippen LogP contribution in [0.5, 0.6) is 11.8 Å². The number of ether oxygens (including phenoxy) is 2. The van der Waals surface area contributed by atoms with Gasteiger partial charge < -0.3 is 14.0 Å². The first-order chi connectivity index (χ1) is 12.8. The zero-order valence-electron chi connectivity index (χ0n) is 14.3. The van der Waals surface area contributed by atoms with Crippen molar-refractivity contribution in [2.75, 3.05) is 6.61 Å². The van der Waals surface area contributed by atoms with Gasteiger partial charge in [0.15, 0.2) is 5.76 Å². The summed E-state index contributed by atoms with van der Waals surface area (Å²) in [6, 6.07) is 15.5. The van der Waals surface area contributed by atoms with Crippen LogP contribution in [-0.4, -0.2) is 26.5 Å². The second kappa shape index (κ2) is 7.26. The Hall–Kier alpha value is -3.35. The number of pyridine rings is 1. The lowest BCUT2D eigenvalue weighted by atomic mass is 10.2. The molecule has 3 aromatic heterocycles. The molecule has 26 heavy (non-hydrogen) atoms. The Bertz CT molecular complexity index is 1010. The fraction of sp³-hybridized carbons (Fsp3) is 0.211. The van der Waals surface area contributed by atoms with Gasteiger partial charge >= 0.3 is 0 Å². The van der Waals surface area contributed by atoms with Gasteiger partial charge in [-0.2, -0.15) is 0 Å². The molecule has 0 aliphatic carbocycles. The van der Waals surface area contributed by atoms with E-state index in [1.54, 1.807) is 10.7 Å². The van der Waals surface area contributed by atoms with Gasteiger partial charge in [-0.3, -0.25) is 4.68 Å². The Morgan fingerprint density at radius 1 is 1.04 bits per heavy atom. The van der Waals surface area contributed by atoms with E-state index in [1.165, 1.54) is 0 Å². The predicted molar refractivity (Wildman–Crippen MR) is 95.1 cm³/mol. The van der Waals surface area contributed by atoms with E-state index in [2.05, 4.69) is 15.2 Å². The molecule has 3 heterocycles. The van der Waals surface area contributed by atoms with Crippen molar-refractivity contribution in [2.45, 2.75) is 20.1 Å². The van der Waals surface area contributed by atoms with Crippen LogP contribution >= 0.6 is 0 Å². The van der Waals surface area contributed by atoms with Crippen molar-refractivity contribution < 1.29 is 14.0 Å². The molecule has 0 fully saturated rings. The number of hydrogen-bond donors (Lipinski definition) is 0. The van der Waals surface area contributed by atoms with Gasteiger partial charge in [-0.05, 0) is 24.2 Å². The Morgan fingerprint density at radius 2 is 1.96 bits per heavy atom. The van der Waals surface area contributed by atoms with Crippen LogP contribution in [0.2, 0.25) is 0 Å². The molecule has 1 aromatic carbocycles. The molecular weight excluding hydrogens is 332 g/mol. The molecule has 0 amide bonds. The van der Waals surface area contributed by atoms with Crippen LogP contribution in [0.25, 0.3) is 10.9 Å². The molecule has 4 rings (SSSR count). The van der Waals surface area contributed by atoms with Crippen LogP contribution in [-0.2, 0) is 13.2 Å². The predicted octanol–water partition coefficient (Wildman–Crippen LogP) is 3.45. The highest BCUT2D eigenvalue weighted by molar-refractivity contribution is 5.78. The molecule has 0 atom stereocenters. The van der Waals surface area contributed by atoms with Gasteiger partial charge in [0.05, 0.1) is 17.8 Å². The molecule has 0 aliphatic heterocycles. The molecular formula is C19H18N4O3. The maximum atomic E-state index is 5.68. The van der Waals surface area contributed by atoms with Gasteiger partial charge in [0.1, 0.15) is 13.2 Å². The molecule has 0 bridgehead atoms. The maximum Gasteiger partial charge on any atom is 0.254 e. The summed E-state index contributed by atoms with van der Waals surface area (Å²) in [5.74, 6) is 1.66. The zero-order valence-corrected chi connectivity index (χ0v) is 14.3. The third kappa shape index (κ3) is 3.66. The summed E-state index contributed by atoms with van der Waals surface area (Å²) < 4.78 is 18.0. The van der Waals surface area contributed by atoms with Gasteiger partial charge in [0, 0.05) is 23.7 Å². The first kappa shape index (κ1) is 16.1. The van der Waals surface area contributed by atoms with E-state index in [4.69, 9.17) is 14.0 Å². The van der Waals surface area contributed by atoms with Gasteiger partial charge in [0.2, 0.25) is 5.88 Å². The van der Waals surface area contributed by atoms with E-state index in [9.17, 15) is 0 Å². The molecule has 7 nitrogen and oxygen atoms in total. The third-order valence-corrected chi connectivity index (χ3v) is 3.79. The molecule has 0 unspecified atom stereocenters. The zero-order chi connectivity index (χ0) is 17.8. The number of hydrogen-bond acceptors (Lipinski definition) is 6. The van der Waals surface area contributed by atoms with E-state index in [0.29, 0.717) is 37.3 Å². The molecule has 4 aromatic rings. The standard InChI is InChI=1S/C19H18N4O3/c1-2-24-18-9-10-23(21-18)12-16-11-19(22-26-16)25-13-15-8-7-14-5-3-4-6-17(14)20-15/h3-11H,2,12-13H2,1H3. The van der Waals surface area contributed by atoms with Gasteiger partial charge in [-0.1, -0.05) is 24.3 Å². The summed E-state index contributed by atoms with van der Waals surface area (Å²) in [6.45, 7) is 3.29. The molecule has 0 radical (unpaired) electrons. The van der Waals surface area contributed by atoms with Crippen molar-refractivity contribution in [3.05, 3.63) is 66.2 Å². The van der Waals surface area contributed by atoms with Crippen LogP contribution in [0.1, 0.15) is 18.4 Å². The van der Waals surface area contributed by atoms with E-state index in [0.717, 1.165) is 16.6 Å². The van der Waals surface area contributed by atoms with Crippen LogP contribution in [0.15, 0.2) is 59.3 Å². The summed E-state index contributed by atoms with van der Waals surface area (Å²) in [7, 11) is 0. The van der Waals surface area contributed by atoms with Crippen LogP contribution in [0.4, 0.5) is 0 Å². The monoisotopic (exact) mass is 350 g/mol. The quantitative estimate of drug-likeness (QED) is 0.508. The number of aromatic nitrogens is 4. The van der Waals surface area contributed by atoms with Crippen molar-refractivity contribution in [3.8, 4) is 11.8 Å². The van der Waals surface area contributed by atoms with E-state index in [-0.39, 0.29) is 0 Å². The molecule has 7 heteroatoms. The Labute approximate surface area is 150 Å². The van der Waals surface area contributed by atoms with E-state index >= 15 is 0 Å². The minimum atomic E-state index is 0.326. The second-order valence-corrected chi connectivity index (χ2v) is 5.70. The van der Waals surface area contributed by atoms with Crippen molar-refractivity contribution in [2.24, 2.45) is 0 Å². The Balaban J connectivity index is 1.38. The average Bonchev–Trinajstić information content (AvgIpc) is 3.30. The van der Waals surface area contributed by atoms with Gasteiger partial charge in [-0.15, -0.1) is 5.10 Å². The molecule has 0 spiro atoms. The number of benzene rings is 1. The maximum absolute atomic E-state index is 5.68. The molecule has 0 aliphatic rings. The number of nitrogens with zero attached hydrogens (tertiary/aromatic N) is 4. The van der Waals surface area contributed by atoms with E-state index in [1.807, 2.05) is 55.6 Å². The van der Waals surface area contributed by atoms with Crippen molar-refractivity contribution >= 4 is 10.9 Å². The molecule has 0 N–H and O–H groups in total. The lowest BCUT2D eigenvalue weighted by molar-refractivity contribution is 0.262. The van der Waals surface area contributed by atoms with Crippen LogP contribution in [0, 0.1) is 0 Å². The Kier molecular flexibility index (Phi) is 4.51. The SMILES string of the molecule is CCOc1ccn(Cc2cc(OCc3ccc4ccccc4n3)no2)n1. The van der Waals surface area contributed by atoms with Gasteiger partial charge in [-0.25, -0.2) is 4.98 Å². The first-order valence-electron chi connectivity index (χ1n) is 8.39. The highest BCUT2D eigenvalue weighted by atomic mass is 16.5. The minimum absolute atomic E-state index is 0.326. The highest BCUT2D eigenvalue weighted by Crippen LogP contribution is 2.16. The fourth-order valence-electron chi connectivity index (χ4n) is 2.59. The minimum Gasteiger partial charge on any atom is -0.477 e. The summed E-state index contributed by atoms with van der Waals surface area (Å²) in [6.07, 6.45) is 1.83. The summed E-state index contributed by atoms with van der Waals surface area (Å²) >= 11 is 0. The topological polar surface area (TPSA) is 75.2 Å². The summed E-state index contributed by atoms with van der Waals surface area (Å²) in [5.41, 5.74) is 1.78. The first-order valence-corrected chi connectivity index (χ1v) is 8.39. The van der Waals surface area contributed by atoms with Crippen LogP contribution in [0.3, 0.4) is 0 Å². The number of para-hydroxylation sites is 1. The van der Waals surface area contributed by atoms with Crippen molar-refractivity contribution in [3.63, 3.8) is 0 Å². The third-order valence-electron chi connectivity index (χ3n) is 3.79. The largest absolute Gasteiger partial charge is 0.477 e. The Morgan fingerprint density at radius 3 is 2.88 bits per heavy atom. The lowest BCUT2D eigenvalue weighted by Crippen LogP contribution is -2.00. The fourth-order valence-corrected chi connectivity index (χ4v) is 2.59. The summed E-state index contributed by atoms with van der Waals surface area (Å²) in [5, 5.41) is 9.32. The van der Waals surface area contributed by atoms with Gasteiger partial charge in [0.25, 0.3) is 5.88 Å². The average molecular weight is 350 g/mol. The molecule has 0 saturated heterocycles. The van der Waals surface area contributed by atoms with Crippen molar-refractivity contribution in [1.82, 2.24) is 19.9 Å². The number of rotatable bonds is 7. The van der Waals surface area contributed by atoms with E-state index < -0.39 is 0 Å². The van der Waals surface area contributed by atoms with Crippen molar-refractivity contribution in [1.29, 1.82) is 0 Å². The lowest BCUT2D eigenvalue weighted by Gasteiger charge is -2.03. The number of fused-ring (bicyclic) bond motifs is 1. The normalized spacial score (nSPS) is 11.0. The van der Waals surface area contributed by atoms with Crippen LogP contribution < -0.4 is 9.47 Å². The summed E-state index contributed by atoms with van der Waals surface area (Å²) in [4.78, 5) is 4.57. The smallest absolute Gasteiger partial charge is 0.254 e. The molecule has 0 saturated carbocycles. The second-order valence-electron chi connectivity index (χ2n) is 5.70.